The third kappa shape index (κ3) is 3.32. The summed E-state index contributed by atoms with van der Waals surface area (Å²) in [5.74, 6) is -0.789. The minimum atomic E-state index is -0.454. The molecule has 2 aromatic carbocycles. The van der Waals surface area contributed by atoms with Crippen LogP contribution < -0.4 is 5.43 Å². The van der Waals surface area contributed by atoms with Gasteiger partial charge in [-0.15, -0.1) is 0 Å². The summed E-state index contributed by atoms with van der Waals surface area (Å²) < 4.78 is 12.8. The number of hydrogen-bond donors (Lipinski definition) is 2. The Balaban J connectivity index is 1.74. The van der Waals surface area contributed by atoms with Gasteiger partial charge in [0.05, 0.1) is 11.9 Å². The molecule has 5 nitrogen and oxygen atoms in total. The summed E-state index contributed by atoms with van der Waals surface area (Å²) in [4.78, 5) is 16.1. The maximum atomic E-state index is 12.8. The van der Waals surface area contributed by atoms with Gasteiger partial charge in [0.1, 0.15) is 17.1 Å². The van der Waals surface area contributed by atoms with E-state index in [9.17, 15) is 14.3 Å². The van der Waals surface area contributed by atoms with Crippen molar-refractivity contribution in [1.29, 1.82) is 0 Å². The number of hydrogen-bond acceptors (Lipinski definition) is 4. The second kappa shape index (κ2) is 6.23. The van der Waals surface area contributed by atoms with Crippen LogP contribution in [0, 0.1) is 5.82 Å². The fourth-order valence-corrected chi connectivity index (χ4v) is 2.04. The van der Waals surface area contributed by atoms with Crippen molar-refractivity contribution >= 4 is 23.0 Å². The molecule has 0 radical (unpaired) electrons. The normalized spacial score (nSPS) is 11.0. The second-order valence-electron chi connectivity index (χ2n) is 4.79. The number of phenols is 1. The Bertz CT molecular complexity index is 892. The average Bonchev–Trinajstić information content (AvgIpc) is 2.56. The van der Waals surface area contributed by atoms with Crippen LogP contribution in [-0.2, 0) is 0 Å². The molecule has 6 heteroatoms. The molecular weight excluding hydrogens is 297 g/mol. The molecule has 0 aliphatic carbocycles. The maximum Gasteiger partial charge on any atom is 0.271 e. The minimum absolute atomic E-state index is 0.0769. The highest BCUT2D eigenvalue weighted by Crippen LogP contribution is 2.21. The standard InChI is InChI=1S/C17H12FN3O2/c18-13-7-4-12(5-8-13)17(23)21-19-10-14-9-6-11-2-1-3-15(22)16(11)20-14/h1-10,22H,(H,21,23)/b19-10-. The van der Waals surface area contributed by atoms with Crippen molar-refractivity contribution in [2.24, 2.45) is 5.10 Å². The van der Waals surface area contributed by atoms with Crippen LogP contribution in [0.25, 0.3) is 10.9 Å². The Morgan fingerprint density at radius 2 is 1.91 bits per heavy atom. The number of amides is 1. The first kappa shape index (κ1) is 14.6. The first-order chi connectivity index (χ1) is 11.1. The largest absolute Gasteiger partial charge is 0.506 e. The van der Waals surface area contributed by atoms with E-state index < -0.39 is 11.7 Å². The lowest BCUT2D eigenvalue weighted by Crippen LogP contribution is -2.17. The summed E-state index contributed by atoms with van der Waals surface area (Å²) in [6.45, 7) is 0. The molecule has 0 aliphatic rings. The Morgan fingerprint density at radius 1 is 1.13 bits per heavy atom. The van der Waals surface area contributed by atoms with Gasteiger partial charge < -0.3 is 5.11 Å². The Hall–Kier alpha value is -3.28. The van der Waals surface area contributed by atoms with Gasteiger partial charge in [-0.1, -0.05) is 18.2 Å². The number of phenolic OH excluding ortho intramolecular Hbond substituents is 1. The zero-order valence-electron chi connectivity index (χ0n) is 11.9. The van der Waals surface area contributed by atoms with Crippen LogP contribution >= 0.6 is 0 Å². The minimum Gasteiger partial charge on any atom is -0.506 e. The van der Waals surface area contributed by atoms with Gasteiger partial charge in [0.2, 0.25) is 0 Å². The Labute approximate surface area is 131 Å². The number of rotatable bonds is 3. The number of aromatic hydroxyl groups is 1. The topological polar surface area (TPSA) is 74.6 Å². The second-order valence-corrected chi connectivity index (χ2v) is 4.79. The molecular formula is C17H12FN3O2. The lowest BCUT2D eigenvalue weighted by atomic mass is 10.2. The number of nitrogens with one attached hydrogen (secondary N) is 1. The summed E-state index contributed by atoms with van der Waals surface area (Å²) in [6.07, 6.45) is 1.37. The lowest BCUT2D eigenvalue weighted by molar-refractivity contribution is 0.0955. The van der Waals surface area contributed by atoms with Gasteiger partial charge in [0, 0.05) is 10.9 Å². The van der Waals surface area contributed by atoms with Crippen molar-refractivity contribution in [3.63, 3.8) is 0 Å². The summed E-state index contributed by atoms with van der Waals surface area (Å²) in [7, 11) is 0. The zero-order chi connectivity index (χ0) is 16.2. The highest BCUT2D eigenvalue weighted by molar-refractivity contribution is 5.95. The lowest BCUT2D eigenvalue weighted by Gasteiger charge is -2.01. The highest BCUT2D eigenvalue weighted by atomic mass is 19.1. The van der Waals surface area contributed by atoms with Crippen LogP contribution in [0.2, 0.25) is 0 Å². The number of nitrogens with zero attached hydrogens (tertiary/aromatic N) is 2. The van der Waals surface area contributed by atoms with Crippen molar-refractivity contribution in [3.05, 3.63) is 71.7 Å². The Kier molecular flexibility index (Phi) is 3.97. The first-order valence-electron chi connectivity index (χ1n) is 6.81. The van der Waals surface area contributed by atoms with Gasteiger partial charge in [-0.2, -0.15) is 5.10 Å². The number of benzene rings is 2. The fourth-order valence-electron chi connectivity index (χ4n) is 2.04. The fraction of sp³-hybridized carbons (Fsp3) is 0. The van der Waals surface area contributed by atoms with Gasteiger partial charge >= 0.3 is 0 Å². The molecule has 0 atom stereocenters. The zero-order valence-corrected chi connectivity index (χ0v) is 11.9. The van der Waals surface area contributed by atoms with E-state index in [2.05, 4.69) is 15.5 Å². The molecule has 0 saturated carbocycles. The molecule has 3 aromatic rings. The van der Waals surface area contributed by atoms with Gasteiger partial charge in [0.25, 0.3) is 5.91 Å². The molecule has 0 unspecified atom stereocenters. The molecule has 0 aliphatic heterocycles. The number of para-hydroxylation sites is 1. The van der Waals surface area contributed by atoms with E-state index in [1.54, 1.807) is 24.3 Å². The van der Waals surface area contributed by atoms with E-state index in [1.165, 1.54) is 30.5 Å². The van der Waals surface area contributed by atoms with E-state index in [4.69, 9.17) is 0 Å². The molecule has 23 heavy (non-hydrogen) atoms. The number of halogens is 1. The summed E-state index contributed by atoms with van der Waals surface area (Å²) in [5, 5.41) is 14.4. The predicted molar refractivity (Wildman–Crippen MR) is 84.9 cm³/mol. The molecule has 3 rings (SSSR count). The Morgan fingerprint density at radius 3 is 2.70 bits per heavy atom. The monoisotopic (exact) mass is 309 g/mol. The maximum absolute atomic E-state index is 12.8. The van der Waals surface area contributed by atoms with Gasteiger partial charge in [0.15, 0.2) is 0 Å². The summed E-state index contributed by atoms with van der Waals surface area (Å²) in [6, 6.07) is 13.8. The van der Waals surface area contributed by atoms with Crippen molar-refractivity contribution in [2.45, 2.75) is 0 Å². The van der Waals surface area contributed by atoms with Crippen molar-refractivity contribution < 1.29 is 14.3 Å². The SMILES string of the molecule is O=C(N/N=C\c1ccc2cccc(O)c2n1)c1ccc(F)cc1. The van der Waals surface area contributed by atoms with Crippen LogP contribution in [0.4, 0.5) is 4.39 Å². The number of aromatic nitrogens is 1. The van der Waals surface area contributed by atoms with Crippen molar-refractivity contribution in [3.8, 4) is 5.75 Å². The molecule has 114 valence electrons. The molecule has 0 bridgehead atoms. The number of carbonyl (C=O) groups is 1. The van der Waals surface area contributed by atoms with Crippen molar-refractivity contribution in [1.82, 2.24) is 10.4 Å². The average molecular weight is 309 g/mol. The molecule has 1 heterocycles. The third-order valence-electron chi connectivity index (χ3n) is 3.19. The van der Waals surface area contributed by atoms with E-state index in [-0.39, 0.29) is 5.75 Å². The molecule has 0 saturated heterocycles. The van der Waals surface area contributed by atoms with E-state index in [0.29, 0.717) is 16.8 Å². The molecule has 0 fully saturated rings. The number of fused-ring (bicyclic) bond motifs is 1. The number of carbonyl (C=O) groups excluding carboxylic acids is 1. The first-order valence-corrected chi connectivity index (χ1v) is 6.81. The van der Waals surface area contributed by atoms with Crippen LogP contribution in [0.5, 0.6) is 5.75 Å². The van der Waals surface area contributed by atoms with Crippen LogP contribution in [-0.4, -0.2) is 22.2 Å². The van der Waals surface area contributed by atoms with Gasteiger partial charge in [-0.25, -0.2) is 14.8 Å². The molecule has 1 amide bonds. The molecule has 2 N–H and O–H groups in total. The van der Waals surface area contributed by atoms with Crippen LogP contribution in [0.3, 0.4) is 0 Å². The predicted octanol–water partition coefficient (Wildman–Crippen LogP) is 2.84. The van der Waals surface area contributed by atoms with E-state index in [0.717, 1.165) is 5.39 Å². The molecule has 1 aromatic heterocycles. The molecule has 0 spiro atoms. The smallest absolute Gasteiger partial charge is 0.271 e. The number of pyridine rings is 1. The van der Waals surface area contributed by atoms with Gasteiger partial charge in [-0.05, 0) is 36.4 Å². The summed E-state index contributed by atoms with van der Waals surface area (Å²) in [5.41, 5.74) is 3.58. The summed E-state index contributed by atoms with van der Waals surface area (Å²) >= 11 is 0. The van der Waals surface area contributed by atoms with E-state index >= 15 is 0 Å². The third-order valence-corrected chi connectivity index (χ3v) is 3.19. The van der Waals surface area contributed by atoms with Gasteiger partial charge in [-0.3, -0.25) is 4.79 Å². The van der Waals surface area contributed by atoms with Crippen molar-refractivity contribution in [2.75, 3.05) is 0 Å². The quantitative estimate of drug-likeness (QED) is 0.577. The van der Waals surface area contributed by atoms with Crippen LogP contribution in [0.1, 0.15) is 16.1 Å². The number of hydrazone groups is 1. The van der Waals surface area contributed by atoms with Crippen LogP contribution in [0.15, 0.2) is 59.7 Å². The highest BCUT2D eigenvalue weighted by Gasteiger charge is 2.04. The van der Waals surface area contributed by atoms with E-state index in [1.807, 2.05) is 6.07 Å².